The molecular formula is C13H20N2O2. The molecule has 1 rings (SSSR count). The molecule has 0 aliphatic carbocycles. The van der Waals surface area contributed by atoms with Crippen molar-refractivity contribution in [2.75, 3.05) is 27.7 Å². The predicted octanol–water partition coefficient (Wildman–Crippen LogP) is 1.01. The number of hydrogen-bond acceptors (Lipinski definition) is 3. The highest BCUT2D eigenvalue weighted by Gasteiger charge is 2.02. The number of methoxy groups -OCH3 is 1. The van der Waals surface area contributed by atoms with E-state index < -0.39 is 0 Å². The Labute approximate surface area is 103 Å². The Morgan fingerprint density at radius 1 is 1.24 bits per heavy atom. The van der Waals surface area contributed by atoms with Crippen LogP contribution in [0.5, 0.6) is 0 Å². The minimum Gasteiger partial charge on any atom is -0.380 e. The first-order valence-corrected chi connectivity index (χ1v) is 5.61. The van der Waals surface area contributed by atoms with Crippen molar-refractivity contribution >= 4 is 5.91 Å². The van der Waals surface area contributed by atoms with Crippen LogP contribution in [-0.4, -0.2) is 38.6 Å². The van der Waals surface area contributed by atoms with Crippen molar-refractivity contribution in [1.29, 1.82) is 0 Å². The molecule has 0 radical (unpaired) electrons. The number of benzene rings is 1. The van der Waals surface area contributed by atoms with Crippen LogP contribution >= 0.6 is 0 Å². The normalized spacial score (nSPS) is 10.3. The maximum atomic E-state index is 11.3. The molecule has 17 heavy (non-hydrogen) atoms. The minimum absolute atomic E-state index is 0.0843. The Balaban J connectivity index is 2.34. The van der Waals surface area contributed by atoms with Crippen molar-refractivity contribution in [3.05, 3.63) is 35.4 Å². The van der Waals surface area contributed by atoms with Gasteiger partial charge in [-0.1, -0.05) is 24.3 Å². The predicted molar refractivity (Wildman–Crippen MR) is 67.6 cm³/mol. The molecule has 1 amide bonds. The van der Waals surface area contributed by atoms with Crippen LogP contribution in [0.1, 0.15) is 11.1 Å². The van der Waals surface area contributed by atoms with Crippen LogP contribution in [-0.2, 0) is 22.7 Å². The molecule has 1 N–H and O–H groups in total. The zero-order chi connectivity index (χ0) is 12.7. The molecule has 94 valence electrons. The van der Waals surface area contributed by atoms with E-state index in [0.717, 1.165) is 11.1 Å². The molecular weight excluding hydrogens is 216 g/mol. The van der Waals surface area contributed by atoms with E-state index in [9.17, 15) is 4.79 Å². The van der Waals surface area contributed by atoms with Gasteiger partial charge in [0.05, 0.1) is 13.2 Å². The Bertz CT molecular complexity index is 347. The second kappa shape index (κ2) is 7.04. The lowest BCUT2D eigenvalue weighted by molar-refractivity contribution is -0.127. The second-order valence-electron chi connectivity index (χ2n) is 4.14. The number of nitrogens with zero attached hydrogens (tertiary/aromatic N) is 1. The lowest BCUT2D eigenvalue weighted by Gasteiger charge is -2.11. The minimum atomic E-state index is 0.0843. The largest absolute Gasteiger partial charge is 0.380 e. The number of carbonyl (C=O) groups is 1. The van der Waals surface area contributed by atoms with Gasteiger partial charge < -0.3 is 15.0 Å². The van der Waals surface area contributed by atoms with Crippen molar-refractivity contribution in [3.8, 4) is 0 Å². The third kappa shape index (κ3) is 4.97. The fraction of sp³-hybridized carbons (Fsp3) is 0.462. The van der Waals surface area contributed by atoms with E-state index in [4.69, 9.17) is 4.74 Å². The number of rotatable bonds is 6. The summed E-state index contributed by atoms with van der Waals surface area (Å²) >= 11 is 0. The highest BCUT2D eigenvalue weighted by Crippen LogP contribution is 2.05. The Kier molecular flexibility index (Phi) is 5.66. The molecule has 0 heterocycles. The van der Waals surface area contributed by atoms with Gasteiger partial charge in [0.25, 0.3) is 0 Å². The van der Waals surface area contributed by atoms with Gasteiger partial charge in [0.15, 0.2) is 0 Å². The summed E-state index contributed by atoms with van der Waals surface area (Å²) < 4.78 is 5.04. The van der Waals surface area contributed by atoms with Crippen LogP contribution in [0.25, 0.3) is 0 Å². The molecule has 4 nitrogen and oxygen atoms in total. The Hall–Kier alpha value is -1.39. The fourth-order valence-corrected chi connectivity index (χ4v) is 1.39. The number of hydrogen-bond donors (Lipinski definition) is 1. The van der Waals surface area contributed by atoms with Crippen LogP contribution in [0.3, 0.4) is 0 Å². The fourth-order valence-electron chi connectivity index (χ4n) is 1.39. The molecule has 0 saturated carbocycles. The van der Waals surface area contributed by atoms with Crippen molar-refractivity contribution < 1.29 is 9.53 Å². The summed E-state index contributed by atoms with van der Waals surface area (Å²) in [4.78, 5) is 12.9. The molecule has 1 aromatic rings. The molecule has 1 aromatic carbocycles. The van der Waals surface area contributed by atoms with E-state index in [1.165, 1.54) is 0 Å². The summed E-state index contributed by atoms with van der Waals surface area (Å²) in [7, 11) is 5.19. The van der Waals surface area contributed by atoms with Gasteiger partial charge in [-0.2, -0.15) is 0 Å². The first-order chi connectivity index (χ1) is 8.13. The molecule has 0 bridgehead atoms. The Morgan fingerprint density at radius 3 is 2.35 bits per heavy atom. The molecule has 0 spiro atoms. The Morgan fingerprint density at radius 2 is 1.82 bits per heavy atom. The third-order valence-corrected chi connectivity index (χ3v) is 2.44. The zero-order valence-corrected chi connectivity index (χ0v) is 10.7. The van der Waals surface area contributed by atoms with Crippen LogP contribution in [0.2, 0.25) is 0 Å². The number of nitrogens with one attached hydrogen (secondary N) is 1. The summed E-state index contributed by atoms with van der Waals surface area (Å²) in [6.45, 7) is 1.70. The molecule has 0 aliphatic rings. The SMILES string of the molecule is COCc1ccc(CNCC(=O)N(C)C)cc1. The average molecular weight is 236 g/mol. The lowest BCUT2D eigenvalue weighted by Crippen LogP contribution is -2.32. The van der Waals surface area contributed by atoms with Crippen molar-refractivity contribution in [2.45, 2.75) is 13.2 Å². The number of amides is 1. The van der Waals surface area contributed by atoms with Gasteiger partial charge in [0.2, 0.25) is 5.91 Å². The van der Waals surface area contributed by atoms with Gasteiger partial charge in [-0.15, -0.1) is 0 Å². The first-order valence-electron chi connectivity index (χ1n) is 5.61. The molecule has 0 atom stereocenters. The summed E-state index contributed by atoms with van der Waals surface area (Å²) in [6.07, 6.45) is 0. The van der Waals surface area contributed by atoms with Gasteiger partial charge in [-0.05, 0) is 11.1 Å². The van der Waals surface area contributed by atoms with E-state index in [-0.39, 0.29) is 5.91 Å². The van der Waals surface area contributed by atoms with Crippen LogP contribution in [0.15, 0.2) is 24.3 Å². The summed E-state index contributed by atoms with van der Waals surface area (Å²) in [5.41, 5.74) is 2.32. The highest BCUT2D eigenvalue weighted by atomic mass is 16.5. The maximum Gasteiger partial charge on any atom is 0.236 e. The zero-order valence-electron chi connectivity index (χ0n) is 10.7. The number of ether oxygens (including phenoxy) is 1. The smallest absolute Gasteiger partial charge is 0.236 e. The van der Waals surface area contributed by atoms with Gasteiger partial charge in [0.1, 0.15) is 0 Å². The van der Waals surface area contributed by atoms with E-state index in [2.05, 4.69) is 5.32 Å². The van der Waals surface area contributed by atoms with Gasteiger partial charge in [-0.3, -0.25) is 4.79 Å². The molecule has 4 heteroatoms. The monoisotopic (exact) mass is 236 g/mol. The van der Waals surface area contributed by atoms with E-state index >= 15 is 0 Å². The van der Waals surface area contributed by atoms with Crippen LogP contribution in [0, 0.1) is 0 Å². The molecule has 0 saturated heterocycles. The van der Waals surface area contributed by atoms with E-state index in [1.807, 2.05) is 24.3 Å². The second-order valence-corrected chi connectivity index (χ2v) is 4.14. The average Bonchev–Trinajstić information content (AvgIpc) is 2.31. The van der Waals surface area contributed by atoms with Crippen molar-refractivity contribution in [1.82, 2.24) is 10.2 Å². The van der Waals surface area contributed by atoms with Crippen LogP contribution in [0.4, 0.5) is 0 Å². The summed E-state index contributed by atoms with van der Waals surface area (Å²) in [5, 5.41) is 3.11. The van der Waals surface area contributed by atoms with Gasteiger partial charge >= 0.3 is 0 Å². The van der Waals surface area contributed by atoms with Crippen LogP contribution < -0.4 is 5.32 Å². The van der Waals surface area contributed by atoms with E-state index in [1.54, 1.807) is 26.1 Å². The van der Waals surface area contributed by atoms with Crippen molar-refractivity contribution in [2.24, 2.45) is 0 Å². The lowest BCUT2D eigenvalue weighted by atomic mass is 10.1. The summed E-state index contributed by atoms with van der Waals surface area (Å²) in [6, 6.07) is 8.16. The quantitative estimate of drug-likeness (QED) is 0.801. The topological polar surface area (TPSA) is 41.6 Å². The summed E-state index contributed by atoms with van der Waals surface area (Å²) in [5.74, 6) is 0.0843. The highest BCUT2D eigenvalue weighted by molar-refractivity contribution is 5.77. The number of likely N-dealkylation sites (N-methyl/N-ethyl adjacent to an activating group) is 1. The maximum absolute atomic E-state index is 11.3. The first kappa shape index (κ1) is 13.7. The third-order valence-electron chi connectivity index (χ3n) is 2.44. The molecule has 0 aliphatic heterocycles. The molecule has 0 aromatic heterocycles. The van der Waals surface area contributed by atoms with Gasteiger partial charge in [-0.25, -0.2) is 0 Å². The molecule has 0 unspecified atom stereocenters. The standard InChI is InChI=1S/C13H20N2O2/c1-15(2)13(16)9-14-8-11-4-6-12(7-5-11)10-17-3/h4-7,14H,8-10H2,1-3H3. The number of carbonyl (C=O) groups excluding carboxylic acids is 1. The van der Waals surface area contributed by atoms with Crippen molar-refractivity contribution in [3.63, 3.8) is 0 Å². The van der Waals surface area contributed by atoms with Gasteiger partial charge in [0, 0.05) is 27.7 Å². The molecule has 0 fully saturated rings. The van der Waals surface area contributed by atoms with E-state index in [0.29, 0.717) is 19.7 Å².